The van der Waals surface area contributed by atoms with Crippen LogP contribution in [-0.2, 0) is 23.9 Å². The van der Waals surface area contributed by atoms with Gasteiger partial charge in [-0.1, -0.05) is 31.6 Å². The van der Waals surface area contributed by atoms with Crippen LogP contribution in [0.15, 0.2) is 46.8 Å². The van der Waals surface area contributed by atoms with Gasteiger partial charge in [-0.15, -0.1) is 0 Å². The molecule has 2 fully saturated rings. The van der Waals surface area contributed by atoms with Gasteiger partial charge in [-0.05, 0) is 38.5 Å². The highest BCUT2D eigenvalue weighted by atomic mass is 16.7. The molecule has 0 aliphatic carbocycles. The second-order valence-corrected chi connectivity index (χ2v) is 8.12. The number of nitrogens with one attached hydrogen (secondary N) is 1. The molecule has 7 nitrogen and oxygen atoms in total. The number of Topliss-reactive ketones (excluding diaryl/α,β-unsaturated/α-hetero) is 1. The van der Waals surface area contributed by atoms with E-state index in [1.165, 1.54) is 6.08 Å². The first kappa shape index (κ1) is 21.2. The fourth-order valence-electron chi connectivity index (χ4n) is 4.01. The molecule has 0 saturated carbocycles. The second-order valence-electron chi connectivity index (χ2n) is 8.12. The summed E-state index contributed by atoms with van der Waals surface area (Å²) in [6.07, 6.45) is 5.79. The van der Waals surface area contributed by atoms with E-state index in [0.29, 0.717) is 0 Å². The summed E-state index contributed by atoms with van der Waals surface area (Å²) in [6.45, 7) is 9.35. The van der Waals surface area contributed by atoms with Gasteiger partial charge in [-0.3, -0.25) is 14.4 Å². The number of hydrogen-bond acceptors (Lipinski definition) is 6. The van der Waals surface area contributed by atoms with Crippen molar-refractivity contribution in [2.75, 3.05) is 6.54 Å². The maximum Gasteiger partial charge on any atom is 0.259 e. The van der Waals surface area contributed by atoms with Crippen LogP contribution in [0.1, 0.15) is 34.6 Å². The lowest BCUT2D eigenvalue weighted by atomic mass is 9.82. The third kappa shape index (κ3) is 3.97. The molecular weight excluding hydrogens is 374 g/mol. The Balaban J connectivity index is 1.77. The molecular formula is C22H27NO6. The van der Waals surface area contributed by atoms with Crippen LogP contribution in [0.3, 0.4) is 0 Å². The predicted octanol–water partition coefficient (Wildman–Crippen LogP) is 2.30. The number of amides is 1. The van der Waals surface area contributed by atoms with Gasteiger partial charge < -0.3 is 19.9 Å². The lowest BCUT2D eigenvalue weighted by Crippen LogP contribution is -2.58. The smallest absolute Gasteiger partial charge is 0.259 e. The van der Waals surface area contributed by atoms with Crippen LogP contribution in [0.5, 0.6) is 0 Å². The number of aliphatic hydroxyl groups is 1. The Kier molecular flexibility index (Phi) is 5.65. The van der Waals surface area contributed by atoms with Gasteiger partial charge >= 0.3 is 0 Å². The SMILES string of the molecule is CC1=CC(=O)C2OC1(C)O[C@H]([C@H](C)/C=C(C)/C=C/C(O)=C1\C(=O)CNC1=O)[C@H]2C. The van der Waals surface area contributed by atoms with E-state index in [-0.39, 0.29) is 41.6 Å². The maximum atomic E-state index is 12.3. The molecule has 3 rings (SSSR count). The predicted molar refractivity (Wildman–Crippen MR) is 106 cm³/mol. The minimum Gasteiger partial charge on any atom is -0.507 e. The Labute approximate surface area is 170 Å². The van der Waals surface area contributed by atoms with Crippen LogP contribution < -0.4 is 5.32 Å². The number of rotatable bonds is 4. The van der Waals surface area contributed by atoms with Gasteiger partial charge in [-0.25, -0.2) is 0 Å². The van der Waals surface area contributed by atoms with Crippen molar-refractivity contribution >= 4 is 17.5 Å². The monoisotopic (exact) mass is 401 g/mol. The fraction of sp³-hybridized carbons (Fsp3) is 0.500. The Hall–Kier alpha value is -2.51. The molecule has 3 heterocycles. The normalized spacial score (nSPS) is 35.6. The number of ether oxygens (including phenoxy) is 2. The standard InChI is InChI=1S/C22H27NO6/c1-11(6-7-15(24)18-17(26)10-23-21(18)27)8-12(2)19-14(4)20-16(25)9-13(3)22(5,28-19)29-20/h6-9,12,14,19-20,24H,10H2,1-5H3,(H,23,27)/b7-6+,11-8+,18-15-/t12-,14-,19-,20?,22?/m1/s1. The van der Waals surface area contributed by atoms with E-state index >= 15 is 0 Å². The van der Waals surface area contributed by atoms with Crippen molar-refractivity contribution in [3.63, 3.8) is 0 Å². The van der Waals surface area contributed by atoms with Crippen LogP contribution in [-0.4, -0.2) is 47.1 Å². The minimum absolute atomic E-state index is 0.0368. The summed E-state index contributed by atoms with van der Waals surface area (Å²) in [7, 11) is 0. The quantitative estimate of drug-likeness (QED) is 0.324. The average Bonchev–Trinajstić information content (AvgIpc) is 2.98. The molecule has 2 N–H and O–H groups in total. The van der Waals surface area contributed by atoms with Crippen molar-refractivity contribution < 1.29 is 29.0 Å². The average molecular weight is 401 g/mol. The number of hydrogen-bond donors (Lipinski definition) is 2. The van der Waals surface area contributed by atoms with Gasteiger partial charge in [0.2, 0.25) is 0 Å². The number of allylic oxidation sites excluding steroid dienone is 3. The lowest BCUT2D eigenvalue weighted by Gasteiger charge is -2.49. The summed E-state index contributed by atoms with van der Waals surface area (Å²) in [5.74, 6) is -2.46. The largest absolute Gasteiger partial charge is 0.507 e. The number of aliphatic hydroxyl groups excluding tert-OH is 1. The van der Waals surface area contributed by atoms with Gasteiger partial charge in [0.15, 0.2) is 17.4 Å². The Morgan fingerprint density at radius 3 is 2.62 bits per heavy atom. The molecule has 2 bridgehead atoms. The molecule has 0 spiro atoms. The molecule has 0 aromatic heterocycles. The Morgan fingerprint density at radius 1 is 1.31 bits per heavy atom. The van der Waals surface area contributed by atoms with Crippen LogP contribution >= 0.6 is 0 Å². The van der Waals surface area contributed by atoms with E-state index in [4.69, 9.17) is 9.47 Å². The summed E-state index contributed by atoms with van der Waals surface area (Å²) in [5, 5.41) is 12.4. The third-order valence-corrected chi connectivity index (χ3v) is 5.78. The fourth-order valence-corrected chi connectivity index (χ4v) is 4.01. The van der Waals surface area contributed by atoms with Crippen LogP contribution in [0.2, 0.25) is 0 Å². The zero-order valence-electron chi connectivity index (χ0n) is 17.3. The van der Waals surface area contributed by atoms with Crippen molar-refractivity contribution in [2.45, 2.75) is 52.6 Å². The van der Waals surface area contributed by atoms with E-state index in [9.17, 15) is 19.5 Å². The number of fused-ring (bicyclic) bond motifs is 2. The molecule has 0 aromatic carbocycles. The molecule has 3 aliphatic rings. The van der Waals surface area contributed by atoms with E-state index < -0.39 is 23.6 Å². The third-order valence-electron chi connectivity index (χ3n) is 5.78. The van der Waals surface area contributed by atoms with Gasteiger partial charge in [0.25, 0.3) is 5.91 Å². The molecule has 1 amide bonds. The summed E-state index contributed by atoms with van der Waals surface area (Å²) >= 11 is 0. The number of carbonyl (C=O) groups excluding carboxylic acids is 3. The molecule has 29 heavy (non-hydrogen) atoms. The number of carbonyl (C=O) groups is 3. The maximum absolute atomic E-state index is 12.3. The van der Waals surface area contributed by atoms with E-state index in [2.05, 4.69) is 5.32 Å². The summed E-state index contributed by atoms with van der Waals surface area (Å²) in [6, 6.07) is 0. The first-order valence-electron chi connectivity index (χ1n) is 9.73. The molecule has 156 valence electrons. The highest BCUT2D eigenvalue weighted by Gasteiger charge is 2.50. The molecule has 3 aliphatic heterocycles. The molecule has 2 unspecified atom stereocenters. The summed E-state index contributed by atoms with van der Waals surface area (Å²) in [5.41, 5.74) is 1.36. The summed E-state index contributed by atoms with van der Waals surface area (Å²) in [4.78, 5) is 35.6. The van der Waals surface area contributed by atoms with Crippen molar-refractivity contribution in [2.24, 2.45) is 11.8 Å². The van der Waals surface area contributed by atoms with Gasteiger partial charge in [0.1, 0.15) is 17.4 Å². The molecule has 0 radical (unpaired) electrons. The van der Waals surface area contributed by atoms with Gasteiger partial charge in [-0.2, -0.15) is 0 Å². The van der Waals surface area contributed by atoms with Crippen LogP contribution in [0.25, 0.3) is 0 Å². The zero-order valence-corrected chi connectivity index (χ0v) is 17.3. The van der Waals surface area contributed by atoms with Gasteiger partial charge in [0.05, 0.1) is 12.6 Å². The second kappa shape index (κ2) is 7.72. The van der Waals surface area contributed by atoms with Crippen molar-refractivity contribution in [1.82, 2.24) is 5.32 Å². The molecule has 7 heteroatoms. The highest BCUT2D eigenvalue weighted by molar-refractivity contribution is 6.25. The van der Waals surface area contributed by atoms with E-state index in [1.807, 2.05) is 40.7 Å². The highest BCUT2D eigenvalue weighted by Crippen LogP contribution is 2.42. The van der Waals surface area contributed by atoms with Crippen molar-refractivity contribution in [3.05, 3.63) is 46.8 Å². The van der Waals surface area contributed by atoms with Crippen LogP contribution in [0.4, 0.5) is 0 Å². The first-order valence-corrected chi connectivity index (χ1v) is 9.73. The van der Waals surface area contributed by atoms with E-state index in [1.54, 1.807) is 12.2 Å². The van der Waals surface area contributed by atoms with Crippen LogP contribution in [0, 0.1) is 11.8 Å². The van der Waals surface area contributed by atoms with Gasteiger partial charge in [0, 0.05) is 11.8 Å². The molecule has 0 aromatic rings. The Bertz CT molecular complexity index is 862. The molecule has 2 saturated heterocycles. The summed E-state index contributed by atoms with van der Waals surface area (Å²) < 4.78 is 12.2. The van der Waals surface area contributed by atoms with Crippen molar-refractivity contribution in [1.29, 1.82) is 0 Å². The number of ketones is 2. The lowest BCUT2D eigenvalue weighted by molar-refractivity contribution is -0.309. The topological polar surface area (TPSA) is 102 Å². The van der Waals surface area contributed by atoms with Crippen molar-refractivity contribution in [3.8, 4) is 0 Å². The molecule has 5 atom stereocenters. The van der Waals surface area contributed by atoms with E-state index in [0.717, 1.165) is 11.1 Å². The minimum atomic E-state index is -0.916. The Morgan fingerprint density at radius 2 is 2.00 bits per heavy atom. The zero-order chi connectivity index (χ0) is 21.5. The first-order chi connectivity index (χ1) is 13.5.